The molecule has 20 heavy (non-hydrogen) atoms. The van der Waals surface area contributed by atoms with Gasteiger partial charge in [0.1, 0.15) is 0 Å². The standard InChI is InChI=1S/C16H29N3O/c17-13-7-3-1-2-6-12(13)16(20)18-14-9-11-19-10-5-4-8-15(14)19/h12-15H,1-11,17H2,(H,18,20). The van der Waals surface area contributed by atoms with E-state index >= 15 is 0 Å². The molecule has 3 fully saturated rings. The zero-order valence-corrected chi connectivity index (χ0v) is 12.5. The number of amides is 1. The van der Waals surface area contributed by atoms with Crippen LogP contribution in [0, 0.1) is 5.92 Å². The van der Waals surface area contributed by atoms with E-state index in [0.717, 1.165) is 32.2 Å². The largest absolute Gasteiger partial charge is 0.351 e. The fourth-order valence-corrected chi connectivity index (χ4v) is 4.37. The van der Waals surface area contributed by atoms with Crippen molar-refractivity contribution in [1.29, 1.82) is 0 Å². The van der Waals surface area contributed by atoms with Crippen LogP contribution < -0.4 is 11.1 Å². The van der Waals surface area contributed by atoms with Crippen LogP contribution in [-0.2, 0) is 4.79 Å². The number of fused-ring (bicyclic) bond motifs is 1. The summed E-state index contributed by atoms with van der Waals surface area (Å²) in [6, 6.07) is 1.04. The van der Waals surface area contributed by atoms with Crippen molar-refractivity contribution in [3.8, 4) is 0 Å². The fourth-order valence-electron chi connectivity index (χ4n) is 4.37. The SMILES string of the molecule is NC1CCCCCC1C(=O)NC1CCN2CCCCC12. The molecule has 4 unspecified atom stereocenters. The zero-order valence-electron chi connectivity index (χ0n) is 12.5. The minimum atomic E-state index is 0.0511. The van der Waals surface area contributed by atoms with Crippen molar-refractivity contribution in [3.05, 3.63) is 0 Å². The van der Waals surface area contributed by atoms with E-state index in [1.54, 1.807) is 0 Å². The lowest BCUT2D eigenvalue weighted by molar-refractivity contribution is -0.126. The highest BCUT2D eigenvalue weighted by Crippen LogP contribution is 2.28. The molecule has 114 valence electrons. The Morgan fingerprint density at radius 3 is 2.65 bits per heavy atom. The van der Waals surface area contributed by atoms with Crippen molar-refractivity contribution in [1.82, 2.24) is 10.2 Å². The Labute approximate surface area is 122 Å². The highest BCUT2D eigenvalue weighted by molar-refractivity contribution is 5.79. The van der Waals surface area contributed by atoms with Crippen LogP contribution >= 0.6 is 0 Å². The minimum absolute atomic E-state index is 0.0511. The van der Waals surface area contributed by atoms with Crippen LogP contribution in [0.5, 0.6) is 0 Å². The van der Waals surface area contributed by atoms with Gasteiger partial charge in [-0.05, 0) is 38.6 Å². The first-order valence-electron chi connectivity index (χ1n) is 8.56. The quantitative estimate of drug-likeness (QED) is 0.756. The second-order valence-corrected chi connectivity index (χ2v) is 6.91. The summed E-state index contributed by atoms with van der Waals surface area (Å²) >= 11 is 0. The summed E-state index contributed by atoms with van der Waals surface area (Å²) in [5, 5.41) is 3.35. The van der Waals surface area contributed by atoms with Gasteiger partial charge >= 0.3 is 0 Å². The van der Waals surface area contributed by atoms with Gasteiger partial charge in [0, 0.05) is 24.7 Å². The molecule has 3 rings (SSSR count). The predicted octanol–water partition coefficient (Wildman–Crippen LogP) is 1.64. The summed E-state index contributed by atoms with van der Waals surface area (Å²) in [5.74, 6) is 0.284. The van der Waals surface area contributed by atoms with Crippen molar-refractivity contribution >= 4 is 5.91 Å². The maximum atomic E-state index is 12.6. The van der Waals surface area contributed by atoms with Gasteiger partial charge in [0.05, 0.1) is 5.92 Å². The Balaban J connectivity index is 1.57. The van der Waals surface area contributed by atoms with E-state index in [1.165, 1.54) is 38.6 Å². The normalized spacial score (nSPS) is 39.0. The van der Waals surface area contributed by atoms with Crippen LogP contribution in [0.2, 0.25) is 0 Å². The number of nitrogens with two attached hydrogens (primary N) is 1. The molecule has 1 aliphatic carbocycles. The van der Waals surface area contributed by atoms with E-state index in [-0.39, 0.29) is 17.9 Å². The third kappa shape index (κ3) is 3.01. The van der Waals surface area contributed by atoms with Crippen LogP contribution in [0.4, 0.5) is 0 Å². The summed E-state index contributed by atoms with van der Waals surface area (Å²) in [5.41, 5.74) is 6.21. The topological polar surface area (TPSA) is 58.4 Å². The molecule has 3 aliphatic rings. The highest BCUT2D eigenvalue weighted by atomic mass is 16.2. The minimum Gasteiger partial charge on any atom is -0.351 e. The lowest BCUT2D eigenvalue weighted by Gasteiger charge is -2.33. The molecular weight excluding hydrogens is 250 g/mol. The average Bonchev–Trinajstić information content (AvgIpc) is 2.72. The van der Waals surface area contributed by atoms with Crippen molar-refractivity contribution < 1.29 is 4.79 Å². The molecule has 0 aromatic heterocycles. The van der Waals surface area contributed by atoms with Gasteiger partial charge in [0.15, 0.2) is 0 Å². The van der Waals surface area contributed by atoms with Gasteiger partial charge in [-0.25, -0.2) is 0 Å². The number of hydrogen-bond donors (Lipinski definition) is 2. The zero-order chi connectivity index (χ0) is 13.9. The average molecular weight is 279 g/mol. The van der Waals surface area contributed by atoms with Gasteiger partial charge in [-0.1, -0.05) is 25.7 Å². The molecule has 0 radical (unpaired) electrons. The van der Waals surface area contributed by atoms with Crippen molar-refractivity contribution in [2.75, 3.05) is 13.1 Å². The Morgan fingerprint density at radius 1 is 0.950 bits per heavy atom. The maximum Gasteiger partial charge on any atom is 0.224 e. The Hall–Kier alpha value is -0.610. The molecule has 0 bridgehead atoms. The number of piperidine rings is 1. The number of hydrogen-bond acceptors (Lipinski definition) is 3. The van der Waals surface area contributed by atoms with Gasteiger partial charge in [-0.15, -0.1) is 0 Å². The lowest BCUT2D eigenvalue weighted by atomic mass is 9.93. The fraction of sp³-hybridized carbons (Fsp3) is 0.938. The van der Waals surface area contributed by atoms with E-state index in [0.29, 0.717) is 12.1 Å². The molecule has 0 aromatic carbocycles. The summed E-state index contributed by atoms with van der Waals surface area (Å²) in [6.45, 7) is 2.38. The lowest BCUT2D eigenvalue weighted by Crippen LogP contribution is -2.50. The Morgan fingerprint density at radius 2 is 1.75 bits per heavy atom. The van der Waals surface area contributed by atoms with E-state index in [9.17, 15) is 4.79 Å². The first kappa shape index (κ1) is 14.3. The molecule has 1 amide bonds. The summed E-state index contributed by atoms with van der Waals surface area (Å²) in [4.78, 5) is 15.2. The van der Waals surface area contributed by atoms with Crippen molar-refractivity contribution in [2.24, 2.45) is 11.7 Å². The molecule has 4 nitrogen and oxygen atoms in total. The Kier molecular flexibility index (Phi) is 4.61. The third-order valence-corrected chi connectivity index (χ3v) is 5.59. The van der Waals surface area contributed by atoms with Crippen LogP contribution in [0.15, 0.2) is 0 Å². The first-order valence-corrected chi connectivity index (χ1v) is 8.56. The monoisotopic (exact) mass is 279 g/mol. The smallest absolute Gasteiger partial charge is 0.224 e. The van der Waals surface area contributed by atoms with E-state index in [1.807, 2.05) is 0 Å². The van der Waals surface area contributed by atoms with Crippen LogP contribution in [0.3, 0.4) is 0 Å². The highest BCUT2D eigenvalue weighted by Gasteiger charge is 2.37. The molecule has 1 saturated carbocycles. The van der Waals surface area contributed by atoms with E-state index in [4.69, 9.17) is 5.73 Å². The van der Waals surface area contributed by atoms with E-state index in [2.05, 4.69) is 10.2 Å². The van der Waals surface area contributed by atoms with Crippen molar-refractivity contribution in [2.45, 2.75) is 75.9 Å². The number of rotatable bonds is 2. The number of carbonyl (C=O) groups is 1. The summed E-state index contributed by atoms with van der Waals surface area (Å²) < 4.78 is 0. The molecule has 4 heteroatoms. The first-order chi connectivity index (χ1) is 9.75. The van der Waals surface area contributed by atoms with Crippen LogP contribution in [0.25, 0.3) is 0 Å². The number of nitrogens with one attached hydrogen (secondary N) is 1. The van der Waals surface area contributed by atoms with E-state index < -0.39 is 0 Å². The van der Waals surface area contributed by atoms with Gasteiger partial charge < -0.3 is 11.1 Å². The number of nitrogens with zero attached hydrogens (tertiary/aromatic N) is 1. The second-order valence-electron chi connectivity index (χ2n) is 6.91. The van der Waals surface area contributed by atoms with Gasteiger partial charge in [0.2, 0.25) is 5.91 Å². The molecule has 0 spiro atoms. The third-order valence-electron chi connectivity index (χ3n) is 5.59. The molecule has 4 atom stereocenters. The number of carbonyl (C=O) groups excluding carboxylic acids is 1. The molecule has 2 saturated heterocycles. The maximum absolute atomic E-state index is 12.6. The van der Waals surface area contributed by atoms with Crippen molar-refractivity contribution in [3.63, 3.8) is 0 Å². The van der Waals surface area contributed by atoms with Crippen LogP contribution in [-0.4, -0.2) is 42.0 Å². The second kappa shape index (κ2) is 6.44. The summed E-state index contributed by atoms with van der Waals surface area (Å²) in [6.07, 6.45) is 10.6. The van der Waals surface area contributed by atoms with Gasteiger partial charge in [-0.2, -0.15) is 0 Å². The summed E-state index contributed by atoms with van der Waals surface area (Å²) in [7, 11) is 0. The van der Waals surface area contributed by atoms with Gasteiger partial charge in [0.25, 0.3) is 0 Å². The van der Waals surface area contributed by atoms with Gasteiger partial charge in [-0.3, -0.25) is 9.69 Å². The molecule has 2 aliphatic heterocycles. The molecular formula is C16H29N3O. The molecule has 2 heterocycles. The van der Waals surface area contributed by atoms with Crippen LogP contribution in [0.1, 0.15) is 57.8 Å². The Bertz CT molecular complexity index is 347. The molecule has 0 aromatic rings. The molecule has 3 N–H and O–H groups in total. The predicted molar refractivity (Wildman–Crippen MR) is 80.3 cm³/mol.